The Hall–Kier alpha value is -1.07. The maximum atomic E-state index is 12.4. The number of benzene rings is 1. The van der Waals surface area contributed by atoms with Crippen molar-refractivity contribution in [3.8, 4) is 5.75 Å². The highest BCUT2D eigenvalue weighted by Crippen LogP contribution is 2.28. The summed E-state index contributed by atoms with van der Waals surface area (Å²) < 4.78 is 32.5. The van der Waals surface area contributed by atoms with Gasteiger partial charge in [-0.2, -0.15) is 0 Å². The highest BCUT2D eigenvalue weighted by Gasteiger charge is 2.22. The van der Waals surface area contributed by atoms with Gasteiger partial charge in [-0.25, -0.2) is 13.1 Å². The molecule has 0 radical (unpaired) electrons. The van der Waals surface area contributed by atoms with E-state index in [-0.39, 0.29) is 16.9 Å². The van der Waals surface area contributed by atoms with E-state index in [0.717, 1.165) is 12.0 Å². The minimum absolute atomic E-state index is 0.0996. The summed E-state index contributed by atoms with van der Waals surface area (Å²) in [6, 6.07) is 5.19. The van der Waals surface area contributed by atoms with E-state index < -0.39 is 10.0 Å². The van der Waals surface area contributed by atoms with Gasteiger partial charge in [-0.05, 0) is 37.0 Å². The molecule has 0 unspecified atom stereocenters. The molecule has 0 bridgehead atoms. The fourth-order valence-electron chi connectivity index (χ4n) is 1.67. The summed E-state index contributed by atoms with van der Waals surface area (Å²) >= 11 is 0. The van der Waals surface area contributed by atoms with Crippen molar-refractivity contribution in [1.82, 2.24) is 4.72 Å². The van der Waals surface area contributed by atoms with E-state index in [1.54, 1.807) is 12.1 Å². The molecule has 1 rings (SSSR count). The van der Waals surface area contributed by atoms with E-state index in [1.807, 2.05) is 33.8 Å². The lowest BCUT2D eigenvalue weighted by molar-refractivity contribution is 0.401. The van der Waals surface area contributed by atoms with Crippen molar-refractivity contribution in [3.05, 3.63) is 23.8 Å². The number of hydrogen-bond donors (Lipinski definition) is 1. The van der Waals surface area contributed by atoms with Gasteiger partial charge in [0, 0.05) is 6.04 Å². The van der Waals surface area contributed by atoms with E-state index in [2.05, 4.69) is 4.72 Å². The molecule has 1 atom stereocenters. The van der Waals surface area contributed by atoms with Crippen molar-refractivity contribution >= 4 is 10.0 Å². The SMILES string of the molecule is CC[C@H](C)NS(=O)(=O)c1cc(C(C)C)ccc1OC. The minimum Gasteiger partial charge on any atom is -0.495 e. The van der Waals surface area contributed by atoms with Crippen LogP contribution in [0.15, 0.2) is 23.1 Å². The first-order valence-corrected chi connectivity index (χ1v) is 8.00. The Kier molecular flexibility index (Phi) is 5.38. The average molecular weight is 285 g/mol. The topological polar surface area (TPSA) is 55.4 Å². The molecule has 0 aromatic heterocycles. The molecule has 0 fully saturated rings. The first kappa shape index (κ1) is 16.0. The molecule has 0 aliphatic carbocycles. The van der Waals surface area contributed by atoms with Crippen LogP contribution in [0.4, 0.5) is 0 Å². The lowest BCUT2D eigenvalue weighted by Crippen LogP contribution is -2.32. The van der Waals surface area contributed by atoms with Crippen LogP contribution in [0.25, 0.3) is 0 Å². The average Bonchev–Trinajstić information content (AvgIpc) is 2.37. The molecular weight excluding hydrogens is 262 g/mol. The van der Waals surface area contributed by atoms with Gasteiger partial charge in [0.15, 0.2) is 0 Å². The van der Waals surface area contributed by atoms with Crippen molar-refractivity contribution in [2.75, 3.05) is 7.11 Å². The Morgan fingerprint density at radius 2 is 1.89 bits per heavy atom. The van der Waals surface area contributed by atoms with Gasteiger partial charge in [-0.15, -0.1) is 0 Å². The third-order valence-electron chi connectivity index (χ3n) is 3.11. The maximum absolute atomic E-state index is 12.4. The Morgan fingerprint density at radius 3 is 2.37 bits per heavy atom. The molecule has 0 heterocycles. The van der Waals surface area contributed by atoms with Gasteiger partial charge in [0.05, 0.1) is 7.11 Å². The van der Waals surface area contributed by atoms with Crippen molar-refractivity contribution in [2.45, 2.75) is 51.0 Å². The predicted octanol–water partition coefficient (Wildman–Crippen LogP) is 2.90. The molecule has 0 aliphatic rings. The molecule has 19 heavy (non-hydrogen) atoms. The maximum Gasteiger partial charge on any atom is 0.244 e. The van der Waals surface area contributed by atoms with Crippen molar-refractivity contribution in [2.24, 2.45) is 0 Å². The molecule has 1 aromatic carbocycles. The van der Waals surface area contributed by atoms with E-state index in [9.17, 15) is 8.42 Å². The van der Waals surface area contributed by atoms with E-state index in [0.29, 0.717) is 5.75 Å². The van der Waals surface area contributed by atoms with Gasteiger partial charge in [-0.3, -0.25) is 0 Å². The van der Waals surface area contributed by atoms with Gasteiger partial charge in [-0.1, -0.05) is 26.8 Å². The lowest BCUT2D eigenvalue weighted by atomic mass is 10.0. The summed E-state index contributed by atoms with van der Waals surface area (Å²) in [4.78, 5) is 0.210. The van der Waals surface area contributed by atoms with Crippen LogP contribution in [-0.2, 0) is 10.0 Å². The van der Waals surface area contributed by atoms with Crippen LogP contribution in [-0.4, -0.2) is 21.6 Å². The standard InChI is InChI=1S/C14H23NO3S/c1-6-11(4)15-19(16,17)14-9-12(10(2)3)7-8-13(14)18-5/h7-11,15H,6H2,1-5H3/t11-/m0/s1. The molecule has 5 heteroatoms. The van der Waals surface area contributed by atoms with Crippen molar-refractivity contribution < 1.29 is 13.2 Å². The molecule has 0 amide bonds. The van der Waals surface area contributed by atoms with Crippen LogP contribution in [0, 0.1) is 0 Å². The predicted molar refractivity (Wildman–Crippen MR) is 77.2 cm³/mol. The summed E-state index contributed by atoms with van der Waals surface area (Å²) in [7, 11) is -2.07. The third kappa shape index (κ3) is 3.94. The van der Waals surface area contributed by atoms with Gasteiger partial charge >= 0.3 is 0 Å². The highest BCUT2D eigenvalue weighted by atomic mass is 32.2. The number of sulfonamides is 1. The molecule has 1 N–H and O–H groups in total. The van der Waals surface area contributed by atoms with Crippen molar-refractivity contribution in [1.29, 1.82) is 0 Å². The van der Waals surface area contributed by atoms with Crippen LogP contribution in [0.5, 0.6) is 5.75 Å². The van der Waals surface area contributed by atoms with Gasteiger partial charge in [0.1, 0.15) is 10.6 Å². The molecular formula is C14H23NO3S. The number of methoxy groups -OCH3 is 1. The normalized spacial score (nSPS) is 13.6. The summed E-state index contributed by atoms with van der Waals surface area (Å²) in [5, 5.41) is 0. The largest absolute Gasteiger partial charge is 0.495 e. The van der Waals surface area contributed by atoms with Crippen LogP contribution in [0.1, 0.15) is 45.6 Å². The Morgan fingerprint density at radius 1 is 1.26 bits per heavy atom. The molecule has 0 spiro atoms. The zero-order chi connectivity index (χ0) is 14.6. The quantitative estimate of drug-likeness (QED) is 0.874. The van der Waals surface area contributed by atoms with Gasteiger partial charge in [0.2, 0.25) is 10.0 Å². The first-order valence-electron chi connectivity index (χ1n) is 6.52. The molecule has 1 aromatic rings. The van der Waals surface area contributed by atoms with Crippen LogP contribution >= 0.6 is 0 Å². The summed E-state index contributed by atoms with van der Waals surface area (Å²) in [6.45, 7) is 7.84. The Bertz CT molecular complexity index is 523. The Labute approximate surface area is 116 Å². The van der Waals surface area contributed by atoms with Gasteiger partial charge < -0.3 is 4.74 Å². The van der Waals surface area contributed by atoms with Crippen molar-refractivity contribution in [3.63, 3.8) is 0 Å². The van der Waals surface area contributed by atoms with Crippen LogP contribution in [0.2, 0.25) is 0 Å². The number of nitrogens with one attached hydrogen (secondary N) is 1. The Balaban J connectivity index is 3.26. The fraction of sp³-hybridized carbons (Fsp3) is 0.571. The highest BCUT2D eigenvalue weighted by molar-refractivity contribution is 7.89. The van der Waals surface area contributed by atoms with E-state index in [1.165, 1.54) is 7.11 Å². The zero-order valence-corrected chi connectivity index (χ0v) is 13.0. The summed E-state index contributed by atoms with van der Waals surface area (Å²) in [5.41, 5.74) is 0.977. The number of hydrogen-bond acceptors (Lipinski definition) is 3. The first-order chi connectivity index (χ1) is 8.81. The van der Waals surface area contributed by atoms with E-state index in [4.69, 9.17) is 4.74 Å². The molecule has 4 nitrogen and oxygen atoms in total. The molecule has 108 valence electrons. The number of ether oxygens (including phenoxy) is 1. The lowest BCUT2D eigenvalue weighted by Gasteiger charge is -2.16. The molecule has 0 aliphatic heterocycles. The smallest absolute Gasteiger partial charge is 0.244 e. The summed E-state index contributed by atoms with van der Waals surface area (Å²) in [6.07, 6.45) is 0.741. The second-order valence-electron chi connectivity index (χ2n) is 5.00. The zero-order valence-electron chi connectivity index (χ0n) is 12.2. The minimum atomic E-state index is -3.55. The second-order valence-corrected chi connectivity index (χ2v) is 6.68. The fourth-order valence-corrected chi connectivity index (χ4v) is 3.20. The monoisotopic (exact) mass is 285 g/mol. The molecule has 0 saturated carbocycles. The summed E-state index contributed by atoms with van der Waals surface area (Å²) in [5.74, 6) is 0.642. The third-order valence-corrected chi connectivity index (χ3v) is 4.72. The molecule has 0 saturated heterocycles. The van der Waals surface area contributed by atoms with Gasteiger partial charge in [0.25, 0.3) is 0 Å². The van der Waals surface area contributed by atoms with Crippen LogP contribution in [0.3, 0.4) is 0 Å². The second kappa shape index (κ2) is 6.39. The van der Waals surface area contributed by atoms with E-state index >= 15 is 0 Å². The van der Waals surface area contributed by atoms with Crippen LogP contribution < -0.4 is 9.46 Å². The number of rotatable bonds is 6.